The van der Waals surface area contributed by atoms with Crippen LogP contribution in [0, 0.1) is 5.92 Å². The molecule has 0 bridgehead atoms. The van der Waals surface area contributed by atoms with Crippen molar-refractivity contribution in [3.05, 3.63) is 58.8 Å². The molecular weight excluding hydrogens is 600 g/mol. The molecule has 0 saturated carbocycles. The van der Waals surface area contributed by atoms with Crippen molar-refractivity contribution in [3.63, 3.8) is 0 Å². The second-order valence-corrected chi connectivity index (χ2v) is 15.6. The molecule has 3 aromatic rings. The molecule has 1 N–H and O–H groups in total. The largest absolute Gasteiger partial charge is 0.494 e. The Kier molecular flexibility index (Phi) is 10.2. The summed E-state index contributed by atoms with van der Waals surface area (Å²) in [4.78, 5) is 36.3. The Morgan fingerprint density at radius 2 is 1.62 bits per heavy atom. The number of carbonyl (C=O) groups excluding carboxylic acids is 2. The number of amides is 2. The lowest BCUT2D eigenvalue weighted by atomic mass is 9.85. The monoisotopic (exact) mass is 656 g/mol. The predicted molar refractivity (Wildman–Crippen MR) is 194 cm³/mol. The van der Waals surface area contributed by atoms with E-state index in [1.807, 2.05) is 13.1 Å². The maximum atomic E-state index is 14.1. The maximum Gasteiger partial charge on any atom is 0.272 e. The molecule has 3 saturated heterocycles. The van der Waals surface area contributed by atoms with Crippen molar-refractivity contribution in [3.8, 4) is 5.75 Å². The summed E-state index contributed by atoms with van der Waals surface area (Å²) in [5.41, 5.74) is 5.90. The zero-order valence-electron chi connectivity index (χ0n) is 30.3. The van der Waals surface area contributed by atoms with E-state index < -0.39 is 0 Å². The number of nitrogens with one attached hydrogen (secondary N) is 1. The van der Waals surface area contributed by atoms with Crippen LogP contribution in [0.25, 0.3) is 10.9 Å². The molecule has 4 heterocycles. The SMILES string of the molecule is COc1c(CN2CCN(C)CC2)cc(C(C)(C)C)cc1NC(=O)c1cc2cccc(CC3CCN(C(=O)C4CCCN4C)CC3)c2n1C. The number of aryl methyl sites for hydroxylation is 1. The summed E-state index contributed by atoms with van der Waals surface area (Å²) >= 11 is 0. The van der Waals surface area contributed by atoms with Crippen LogP contribution in [-0.4, -0.2) is 109 Å². The minimum absolute atomic E-state index is 0.0580. The van der Waals surface area contributed by atoms with Gasteiger partial charge in [-0.1, -0.05) is 45.0 Å². The zero-order chi connectivity index (χ0) is 34.2. The predicted octanol–water partition coefficient (Wildman–Crippen LogP) is 5.36. The van der Waals surface area contributed by atoms with Crippen LogP contribution in [0.2, 0.25) is 0 Å². The van der Waals surface area contributed by atoms with Gasteiger partial charge in [-0.3, -0.25) is 19.4 Å². The number of methoxy groups -OCH3 is 1. The quantitative estimate of drug-likeness (QED) is 0.352. The average Bonchev–Trinajstić information content (AvgIpc) is 3.64. The van der Waals surface area contributed by atoms with Gasteiger partial charge in [0, 0.05) is 63.8 Å². The molecule has 9 nitrogen and oxygen atoms in total. The van der Waals surface area contributed by atoms with Crippen molar-refractivity contribution in [2.24, 2.45) is 13.0 Å². The molecule has 3 fully saturated rings. The molecule has 1 atom stereocenters. The number of nitrogens with zero attached hydrogens (tertiary/aromatic N) is 5. The number of likely N-dealkylation sites (N-methyl/N-ethyl adjacent to an activating group) is 2. The molecule has 0 aliphatic carbocycles. The number of likely N-dealkylation sites (tertiary alicyclic amines) is 2. The zero-order valence-corrected chi connectivity index (χ0v) is 30.3. The van der Waals surface area contributed by atoms with Gasteiger partial charge in [-0.05, 0) is 87.3 Å². The van der Waals surface area contributed by atoms with Crippen LogP contribution in [0.15, 0.2) is 36.4 Å². The normalized spacial score (nSPS) is 20.5. The number of benzene rings is 2. The number of aromatic nitrogens is 1. The molecule has 2 amide bonds. The molecule has 0 radical (unpaired) electrons. The van der Waals surface area contributed by atoms with Gasteiger partial charge in [-0.2, -0.15) is 0 Å². The van der Waals surface area contributed by atoms with Crippen LogP contribution < -0.4 is 10.1 Å². The fourth-order valence-electron chi connectivity index (χ4n) is 7.99. The van der Waals surface area contributed by atoms with Crippen LogP contribution in [-0.2, 0) is 30.2 Å². The van der Waals surface area contributed by atoms with Gasteiger partial charge in [-0.25, -0.2) is 0 Å². The van der Waals surface area contributed by atoms with Gasteiger partial charge >= 0.3 is 0 Å². The van der Waals surface area contributed by atoms with E-state index in [-0.39, 0.29) is 17.4 Å². The Morgan fingerprint density at radius 3 is 2.27 bits per heavy atom. The Bertz CT molecular complexity index is 1620. The molecule has 260 valence electrons. The third kappa shape index (κ3) is 7.28. The Hall–Kier alpha value is -3.40. The van der Waals surface area contributed by atoms with Gasteiger partial charge < -0.3 is 24.4 Å². The number of fused-ring (bicyclic) bond motifs is 1. The standard InChI is InChI=1S/C39H56N6O3/c1-39(2,3)31-23-30(26-44-20-18-41(4)19-21-44)36(48-7)32(25-31)40-37(46)34-24-29-11-8-10-28(35(29)43(34)6)22-27-13-16-45(17-14-27)38(47)33-12-9-15-42(33)5/h8,10-11,23-25,27,33H,9,12-22,26H2,1-7H3,(H,40,46). The molecule has 3 aliphatic rings. The van der Waals surface area contributed by atoms with Gasteiger partial charge in [-0.15, -0.1) is 0 Å². The van der Waals surface area contributed by atoms with Crippen molar-refractivity contribution in [1.29, 1.82) is 0 Å². The highest BCUT2D eigenvalue weighted by atomic mass is 16.5. The number of piperazine rings is 1. The van der Waals surface area contributed by atoms with Crippen molar-refractivity contribution in [1.82, 2.24) is 24.2 Å². The fraction of sp³-hybridized carbons (Fsp3) is 0.590. The Morgan fingerprint density at radius 1 is 0.896 bits per heavy atom. The van der Waals surface area contributed by atoms with E-state index in [0.717, 1.165) is 112 Å². The number of piperidine rings is 1. The number of rotatable bonds is 8. The van der Waals surface area contributed by atoms with Gasteiger partial charge in [0.1, 0.15) is 11.4 Å². The summed E-state index contributed by atoms with van der Waals surface area (Å²) in [5, 5.41) is 4.34. The van der Waals surface area contributed by atoms with Crippen LogP contribution in [0.3, 0.4) is 0 Å². The lowest BCUT2D eigenvalue weighted by Gasteiger charge is -2.35. The van der Waals surface area contributed by atoms with Gasteiger partial charge in [0.05, 0.1) is 24.4 Å². The van der Waals surface area contributed by atoms with E-state index in [1.165, 1.54) is 11.1 Å². The first-order valence-corrected chi connectivity index (χ1v) is 17.9. The van der Waals surface area contributed by atoms with Crippen molar-refractivity contribution in [2.75, 3.05) is 72.3 Å². The summed E-state index contributed by atoms with van der Waals surface area (Å²) in [6.07, 6.45) is 5.05. The smallest absolute Gasteiger partial charge is 0.272 e. The number of carbonyl (C=O) groups is 2. The molecule has 3 aliphatic heterocycles. The Labute approximate surface area is 287 Å². The number of anilines is 1. The molecule has 1 aromatic heterocycles. The van der Waals surface area contributed by atoms with E-state index in [0.29, 0.717) is 17.5 Å². The lowest BCUT2D eigenvalue weighted by molar-refractivity contribution is -0.137. The summed E-state index contributed by atoms with van der Waals surface area (Å²) in [6.45, 7) is 14.2. The van der Waals surface area contributed by atoms with E-state index >= 15 is 0 Å². The van der Waals surface area contributed by atoms with Gasteiger partial charge in [0.2, 0.25) is 5.91 Å². The minimum Gasteiger partial charge on any atom is -0.494 e. The maximum absolute atomic E-state index is 14.1. The van der Waals surface area contributed by atoms with Gasteiger partial charge in [0.15, 0.2) is 0 Å². The van der Waals surface area contributed by atoms with E-state index in [2.05, 4.69) is 94.7 Å². The van der Waals surface area contributed by atoms with E-state index in [9.17, 15) is 9.59 Å². The molecule has 6 rings (SSSR count). The highest BCUT2D eigenvalue weighted by molar-refractivity contribution is 6.07. The lowest BCUT2D eigenvalue weighted by Crippen LogP contribution is -2.47. The second kappa shape index (κ2) is 14.2. The van der Waals surface area contributed by atoms with Gasteiger partial charge in [0.25, 0.3) is 5.91 Å². The summed E-state index contributed by atoms with van der Waals surface area (Å²) < 4.78 is 8.06. The number of hydrogen-bond acceptors (Lipinski definition) is 6. The first-order valence-electron chi connectivity index (χ1n) is 17.9. The van der Waals surface area contributed by atoms with Crippen molar-refractivity contribution >= 4 is 28.4 Å². The van der Waals surface area contributed by atoms with Crippen LogP contribution >= 0.6 is 0 Å². The average molecular weight is 657 g/mol. The third-order valence-corrected chi connectivity index (χ3v) is 11.1. The Balaban J connectivity index is 1.20. The first kappa shape index (κ1) is 34.5. The highest BCUT2D eigenvalue weighted by Gasteiger charge is 2.33. The fourth-order valence-corrected chi connectivity index (χ4v) is 7.99. The van der Waals surface area contributed by atoms with Crippen LogP contribution in [0.5, 0.6) is 5.75 Å². The van der Waals surface area contributed by atoms with Crippen LogP contribution in [0.4, 0.5) is 5.69 Å². The summed E-state index contributed by atoms with van der Waals surface area (Å²) in [5.74, 6) is 1.42. The summed E-state index contributed by atoms with van der Waals surface area (Å²) in [6, 6.07) is 12.8. The minimum atomic E-state index is -0.141. The second-order valence-electron chi connectivity index (χ2n) is 15.6. The number of para-hydroxylation sites is 1. The first-order chi connectivity index (χ1) is 22.9. The molecule has 1 unspecified atom stereocenters. The molecule has 2 aromatic carbocycles. The van der Waals surface area contributed by atoms with Crippen molar-refractivity contribution in [2.45, 2.75) is 70.9 Å². The number of ether oxygens (including phenoxy) is 1. The van der Waals surface area contributed by atoms with E-state index in [1.54, 1.807) is 7.11 Å². The number of hydrogen-bond donors (Lipinski definition) is 1. The summed E-state index contributed by atoms with van der Waals surface area (Å²) in [7, 11) is 7.95. The highest BCUT2D eigenvalue weighted by Crippen LogP contribution is 2.37. The van der Waals surface area contributed by atoms with E-state index in [4.69, 9.17) is 4.74 Å². The molecular formula is C39H56N6O3. The van der Waals surface area contributed by atoms with Crippen LogP contribution in [0.1, 0.15) is 73.6 Å². The molecule has 0 spiro atoms. The topological polar surface area (TPSA) is 73.3 Å². The molecule has 9 heteroatoms. The van der Waals surface area contributed by atoms with Crippen molar-refractivity contribution < 1.29 is 14.3 Å². The molecule has 48 heavy (non-hydrogen) atoms. The third-order valence-electron chi connectivity index (χ3n) is 11.1.